The van der Waals surface area contributed by atoms with Crippen LogP contribution in [0.25, 0.3) is 0 Å². The monoisotopic (exact) mass is 210 g/mol. The second-order valence-electron chi connectivity index (χ2n) is 2.95. The minimum Gasteiger partial charge on any atom is -0.295 e. The van der Waals surface area contributed by atoms with Crippen molar-refractivity contribution >= 4 is 17.9 Å². The average molecular weight is 210 g/mol. The summed E-state index contributed by atoms with van der Waals surface area (Å²) in [5.41, 5.74) is 2.40. The van der Waals surface area contributed by atoms with E-state index in [1.54, 1.807) is 0 Å². The van der Waals surface area contributed by atoms with Crippen LogP contribution in [0.3, 0.4) is 0 Å². The molecule has 0 unspecified atom stereocenters. The zero-order valence-corrected chi connectivity index (χ0v) is 9.44. The fraction of sp³-hybridized carbons (Fsp3) is 0.400. The highest BCUT2D eigenvalue weighted by atomic mass is 32.2. The molecule has 1 rings (SSSR count). The van der Waals surface area contributed by atoms with E-state index in [1.165, 1.54) is 11.9 Å². The number of nitrogens with one attached hydrogen (secondary N) is 1. The number of aromatic nitrogens is 1. The van der Waals surface area contributed by atoms with Crippen molar-refractivity contribution in [1.29, 1.82) is 0 Å². The van der Waals surface area contributed by atoms with Crippen LogP contribution < -0.4 is 4.72 Å². The van der Waals surface area contributed by atoms with E-state index >= 15 is 0 Å². The molecule has 0 bridgehead atoms. The van der Waals surface area contributed by atoms with Crippen LogP contribution in [-0.4, -0.2) is 17.1 Å². The maximum atomic E-state index is 11.6. The van der Waals surface area contributed by atoms with Gasteiger partial charge in [0.1, 0.15) is 5.69 Å². The van der Waals surface area contributed by atoms with Crippen molar-refractivity contribution in [3.63, 3.8) is 0 Å². The first-order chi connectivity index (χ1) is 6.69. The molecular formula is C10H14N2OS. The zero-order chi connectivity index (χ0) is 10.6. The molecule has 1 amide bonds. The van der Waals surface area contributed by atoms with Gasteiger partial charge in [0.15, 0.2) is 0 Å². The Labute approximate surface area is 88.4 Å². The average Bonchev–Trinajstić information content (AvgIpc) is 2.18. The van der Waals surface area contributed by atoms with Gasteiger partial charge >= 0.3 is 0 Å². The van der Waals surface area contributed by atoms with Crippen LogP contribution in [0.4, 0.5) is 0 Å². The first kappa shape index (κ1) is 11.0. The Bertz CT molecular complexity index is 339. The molecule has 0 aliphatic rings. The molecule has 3 nitrogen and oxygen atoms in total. The summed E-state index contributed by atoms with van der Waals surface area (Å²) in [7, 11) is 0. The van der Waals surface area contributed by atoms with Gasteiger partial charge in [-0.25, -0.2) is 4.98 Å². The fourth-order valence-corrected chi connectivity index (χ4v) is 1.49. The standard InChI is InChI=1S/C10H14N2OS/c1-4-8-6-5-7(2)11-9(8)10(13)12-14-3/h5-6H,4H2,1-3H3,(H,12,13). The third-order valence-electron chi connectivity index (χ3n) is 1.91. The Morgan fingerprint density at radius 1 is 1.57 bits per heavy atom. The van der Waals surface area contributed by atoms with Crippen molar-refractivity contribution in [2.75, 3.05) is 6.26 Å². The maximum Gasteiger partial charge on any atom is 0.279 e. The summed E-state index contributed by atoms with van der Waals surface area (Å²) in [5.74, 6) is -0.113. The lowest BCUT2D eigenvalue weighted by atomic mass is 10.1. The third kappa shape index (κ3) is 2.48. The molecule has 0 aliphatic heterocycles. The van der Waals surface area contributed by atoms with Crippen molar-refractivity contribution in [3.05, 3.63) is 29.1 Å². The van der Waals surface area contributed by atoms with Gasteiger partial charge in [-0.05, 0) is 25.0 Å². The lowest BCUT2D eigenvalue weighted by molar-refractivity contribution is 0.0978. The molecule has 14 heavy (non-hydrogen) atoms. The van der Waals surface area contributed by atoms with Crippen LogP contribution in [0.2, 0.25) is 0 Å². The molecule has 0 saturated carbocycles. The molecule has 0 saturated heterocycles. The summed E-state index contributed by atoms with van der Waals surface area (Å²) in [6.45, 7) is 3.90. The van der Waals surface area contributed by atoms with Crippen LogP contribution in [0.5, 0.6) is 0 Å². The van der Waals surface area contributed by atoms with E-state index in [-0.39, 0.29) is 5.91 Å². The largest absolute Gasteiger partial charge is 0.295 e. The van der Waals surface area contributed by atoms with E-state index in [1.807, 2.05) is 32.2 Å². The summed E-state index contributed by atoms with van der Waals surface area (Å²) in [6, 6.07) is 3.88. The maximum absolute atomic E-state index is 11.6. The SMILES string of the molecule is CCc1ccc(C)nc1C(=O)NSC. The molecule has 0 radical (unpaired) electrons. The van der Waals surface area contributed by atoms with Crippen LogP contribution >= 0.6 is 11.9 Å². The van der Waals surface area contributed by atoms with Crippen LogP contribution in [0.1, 0.15) is 28.7 Å². The Morgan fingerprint density at radius 2 is 2.29 bits per heavy atom. The van der Waals surface area contributed by atoms with E-state index < -0.39 is 0 Å². The Hall–Kier alpha value is -1.03. The van der Waals surface area contributed by atoms with Crippen molar-refractivity contribution < 1.29 is 4.79 Å². The summed E-state index contributed by atoms with van der Waals surface area (Å²) in [5, 5.41) is 0. The van der Waals surface area contributed by atoms with Crippen molar-refractivity contribution in [2.45, 2.75) is 20.3 Å². The number of pyridine rings is 1. The number of rotatable bonds is 3. The molecule has 4 heteroatoms. The molecule has 0 aliphatic carbocycles. The van der Waals surface area contributed by atoms with Crippen molar-refractivity contribution in [1.82, 2.24) is 9.71 Å². The number of nitrogens with zero attached hydrogens (tertiary/aromatic N) is 1. The van der Waals surface area contributed by atoms with E-state index in [0.29, 0.717) is 5.69 Å². The molecule has 0 atom stereocenters. The predicted molar refractivity (Wildman–Crippen MR) is 59.3 cm³/mol. The molecule has 1 aromatic heterocycles. The normalized spacial score (nSPS) is 9.93. The minimum atomic E-state index is -0.113. The Balaban J connectivity index is 3.03. The van der Waals surface area contributed by atoms with Gasteiger partial charge in [-0.2, -0.15) is 0 Å². The van der Waals surface area contributed by atoms with Gasteiger partial charge in [0.05, 0.1) is 0 Å². The van der Waals surface area contributed by atoms with Crippen molar-refractivity contribution in [2.24, 2.45) is 0 Å². The first-order valence-electron chi connectivity index (χ1n) is 4.49. The molecule has 0 aromatic carbocycles. The highest BCUT2D eigenvalue weighted by molar-refractivity contribution is 7.97. The van der Waals surface area contributed by atoms with E-state index in [0.717, 1.165) is 17.7 Å². The number of carbonyl (C=O) groups is 1. The van der Waals surface area contributed by atoms with Gasteiger partial charge < -0.3 is 0 Å². The second kappa shape index (κ2) is 5.00. The zero-order valence-electron chi connectivity index (χ0n) is 8.63. The Kier molecular flexibility index (Phi) is 3.95. The first-order valence-corrected chi connectivity index (χ1v) is 5.71. The van der Waals surface area contributed by atoms with Gasteiger partial charge in [-0.1, -0.05) is 24.9 Å². The quantitative estimate of drug-likeness (QED) is 0.775. The van der Waals surface area contributed by atoms with E-state index in [2.05, 4.69) is 9.71 Å². The number of hydrogen-bond donors (Lipinski definition) is 1. The highest BCUT2D eigenvalue weighted by Crippen LogP contribution is 2.09. The topological polar surface area (TPSA) is 42.0 Å². The summed E-state index contributed by atoms with van der Waals surface area (Å²) >= 11 is 1.29. The highest BCUT2D eigenvalue weighted by Gasteiger charge is 2.11. The number of amides is 1. The summed E-state index contributed by atoms with van der Waals surface area (Å²) in [4.78, 5) is 15.8. The molecule has 0 fully saturated rings. The molecule has 0 spiro atoms. The Morgan fingerprint density at radius 3 is 2.86 bits per heavy atom. The lowest BCUT2D eigenvalue weighted by Crippen LogP contribution is -2.19. The molecule has 1 aromatic rings. The fourth-order valence-electron chi connectivity index (χ4n) is 1.21. The van der Waals surface area contributed by atoms with E-state index in [4.69, 9.17) is 0 Å². The molecular weight excluding hydrogens is 196 g/mol. The van der Waals surface area contributed by atoms with Crippen molar-refractivity contribution in [3.8, 4) is 0 Å². The van der Waals surface area contributed by atoms with Gasteiger partial charge in [0.2, 0.25) is 0 Å². The summed E-state index contributed by atoms with van der Waals surface area (Å²) in [6.07, 6.45) is 2.64. The van der Waals surface area contributed by atoms with E-state index in [9.17, 15) is 4.79 Å². The molecule has 1 heterocycles. The van der Waals surface area contributed by atoms with Gasteiger partial charge in [-0.3, -0.25) is 9.52 Å². The van der Waals surface area contributed by atoms with Gasteiger partial charge in [0, 0.05) is 11.9 Å². The number of carbonyl (C=O) groups excluding carboxylic acids is 1. The number of aryl methyl sites for hydroxylation is 2. The van der Waals surface area contributed by atoms with Gasteiger partial charge in [-0.15, -0.1) is 0 Å². The molecule has 76 valence electrons. The second-order valence-corrected chi connectivity index (χ2v) is 3.56. The minimum absolute atomic E-state index is 0.113. The van der Waals surface area contributed by atoms with Crippen LogP contribution in [0, 0.1) is 6.92 Å². The number of hydrogen-bond acceptors (Lipinski definition) is 3. The predicted octanol–water partition coefficient (Wildman–Crippen LogP) is 1.96. The molecule has 1 N–H and O–H groups in total. The van der Waals surface area contributed by atoms with Gasteiger partial charge in [0.25, 0.3) is 5.91 Å². The smallest absolute Gasteiger partial charge is 0.279 e. The third-order valence-corrected chi connectivity index (χ3v) is 2.30. The lowest BCUT2D eigenvalue weighted by Gasteiger charge is -2.06. The van der Waals surface area contributed by atoms with Crippen LogP contribution in [-0.2, 0) is 6.42 Å². The van der Waals surface area contributed by atoms with Crippen LogP contribution in [0.15, 0.2) is 12.1 Å². The summed E-state index contributed by atoms with van der Waals surface area (Å²) < 4.78 is 2.68.